The van der Waals surface area contributed by atoms with Gasteiger partial charge in [0.2, 0.25) is 5.91 Å². The van der Waals surface area contributed by atoms with Crippen molar-refractivity contribution in [3.8, 4) is 0 Å². The monoisotopic (exact) mass is 587 g/mol. The Hall–Kier alpha value is -3.87. The fourth-order valence-corrected chi connectivity index (χ4v) is 5.08. The maximum absolute atomic E-state index is 14.4. The number of rotatable bonds is 13. The number of nitrogens with zero attached hydrogens (tertiary/aromatic N) is 1. The van der Waals surface area contributed by atoms with Crippen LogP contribution in [0.25, 0.3) is 10.8 Å². The highest BCUT2D eigenvalue weighted by atomic mass is 16.6. The summed E-state index contributed by atoms with van der Waals surface area (Å²) in [6, 6.07) is 19.7. The number of ether oxygens (including phenoxy) is 1. The number of benzene rings is 3. The molecular weight excluding hydrogens is 538 g/mol. The van der Waals surface area contributed by atoms with Crippen molar-refractivity contribution in [2.24, 2.45) is 5.92 Å². The highest BCUT2D eigenvalue weighted by Gasteiger charge is 2.37. The third-order valence-electron chi connectivity index (χ3n) is 7.36. The Labute approximate surface area is 257 Å². The van der Waals surface area contributed by atoms with E-state index in [0.29, 0.717) is 17.8 Å². The highest BCUT2D eigenvalue weighted by Crippen LogP contribution is 2.28. The lowest BCUT2D eigenvalue weighted by Crippen LogP contribution is -2.54. The summed E-state index contributed by atoms with van der Waals surface area (Å²) in [5.74, 6) is -0.846. The van der Waals surface area contributed by atoms with E-state index in [1.165, 1.54) is 0 Å². The summed E-state index contributed by atoms with van der Waals surface area (Å²) in [7, 11) is 0. The van der Waals surface area contributed by atoms with Crippen LogP contribution in [0.15, 0.2) is 66.7 Å². The first kappa shape index (κ1) is 33.6. The van der Waals surface area contributed by atoms with Crippen LogP contribution < -0.4 is 10.6 Å². The number of hydrogen-bond acceptors (Lipinski definition) is 4. The van der Waals surface area contributed by atoms with E-state index < -0.39 is 23.8 Å². The molecule has 3 aromatic rings. The van der Waals surface area contributed by atoms with Crippen molar-refractivity contribution in [1.29, 1.82) is 0 Å². The van der Waals surface area contributed by atoms with E-state index in [9.17, 15) is 14.4 Å². The molecule has 0 radical (unpaired) electrons. The molecule has 0 saturated heterocycles. The third kappa shape index (κ3) is 10.1. The number of nitrogens with one attached hydrogen (secondary N) is 2. The number of aryl methyl sites for hydroxylation is 1. The van der Waals surface area contributed by atoms with Gasteiger partial charge in [0.05, 0.1) is 0 Å². The van der Waals surface area contributed by atoms with Crippen LogP contribution in [0.5, 0.6) is 0 Å². The average Bonchev–Trinajstić information content (AvgIpc) is 2.94. The molecule has 3 rings (SSSR count). The molecule has 2 unspecified atom stereocenters. The summed E-state index contributed by atoms with van der Waals surface area (Å²) >= 11 is 0. The minimum atomic E-state index is -0.896. The van der Waals surface area contributed by atoms with Crippen LogP contribution in [0.3, 0.4) is 0 Å². The predicted molar refractivity (Wildman–Crippen MR) is 175 cm³/mol. The van der Waals surface area contributed by atoms with E-state index in [1.807, 2.05) is 87.5 Å². The minimum Gasteiger partial charge on any atom is -0.444 e. The Morgan fingerprint density at radius 1 is 0.860 bits per heavy atom. The summed E-state index contributed by atoms with van der Waals surface area (Å²) < 4.78 is 5.49. The number of fused-ring (bicyclic) bond motifs is 1. The zero-order valence-corrected chi connectivity index (χ0v) is 26.9. The van der Waals surface area contributed by atoms with Crippen LogP contribution >= 0.6 is 0 Å². The summed E-state index contributed by atoms with van der Waals surface area (Å²) in [6.07, 6.45) is 4.31. The van der Waals surface area contributed by atoms with Gasteiger partial charge >= 0.3 is 6.09 Å². The molecule has 2 atom stereocenters. The molecule has 7 heteroatoms. The largest absolute Gasteiger partial charge is 0.444 e. The number of amides is 3. The van der Waals surface area contributed by atoms with Crippen LogP contribution in [-0.4, -0.2) is 41.0 Å². The van der Waals surface area contributed by atoms with E-state index >= 15 is 0 Å². The minimum absolute atomic E-state index is 0.232. The van der Waals surface area contributed by atoms with Gasteiger partial charge in [0.25, 0.3) is 5.91 Å². The molecule has 3 amide bonds. The number of unbranched alkanes of at least 4 members (excludes halogenated alkanes) is 4. The predicted octanol–water partition coefficient (Wildman–Crippen LogP) is 8.18. The number of carbonyl (C=O) groups excluding carboxylic acids is 3. The van der Waals surface area contributed by atoms with Gasteiger partial charge in [-0.25, -0.2) is 4.79 Å². The molecule has 0 saturated carbocycles. The lowest BCUT2D eigenvalue weighted by atomic mass is 9.97. The Bertz CT molecular complexity index is 1360. The van der Waals surface area contributed by atoms with E-state index in [1.54, 1.807) is 25.7 Å². The van der Waals surface area contributed by atoms with Crippen molar-refractivity contribution in [2.75, 3.05) is 11.9 Å². The summed E-state index contributed by atoms with van der Waals surface area (Å²) in [4.78, 5) is 43.1. The standard InChI is InChI=1S/C36H49N3O4/c1-8-9-10-11-14-23-39(34(41)31(25(2)3)38-35(42)43-36(5,6)7)32(28-19-17-26(4)18-20-28)33(40)37-30-22-21-27-15-12-13-16-29(27)24-30/h12-13,15-22,24-25,31-32H,8-11,14,23H2,1-7H3,(H,37,40)(H,38,42). The molecule has 0 aliphatic rings. The van der Waals surface area contributed by atoms with E-state index in [4.69, 9.17) is 4.74 Å². The van der Waals surface area contributed by atoms with E-state index in [-0.39, 0.29) is 17.7 Å². The maximum atomic E-state index is 14.4. The van der Waals surface area contributed by atoms with Crippen molar-refractivity contribution in [1.82, 2.24) is 10.2 Å². The molecule has 0 fully saturated rings. The first-order valence-electron chi connectivity index (χ1n) is 15.6. The average molecular weight is 588 g/mol. The van der Waals surface area contributed by atoms with Gasteiger partial charge in [-0.3, -0.25) is 9.59 Å². The van der Waals surface area contributed by atoms with Gasteiger partial charge in [0.1, 0.15) is 17.7 Å². The summed E-state index contributed by atoms with van der Waals surface area (Å²) in [5, 5.41) is 7.98. The van der Waals surface area contributed by atoms with Crippen molar-refractivity contribution in [2.45, 2.75) is 98.3 Å². The lowest BCUT2D eigenvalue weighted by molar-refractivity contribution is -0.141. The van der Waals surface area contributed by atoms with Crippen molar-refractivity contribution in [3.63, 3.8) is 0 Å². The molecule has 2 N–H and O–H groups in total. The maximum Gasteiger partial charge on any atom is 0.408 e. The topological polar surface area (TPSA) is 87.7 Å². The van der Waals surface area contributed by atoms with Crippen LogP contribution in [0.2, 0.25) is 0 Å². The fraction of sp³-hybridized carbons (Fsp3) is 0.472. The molecule has 43 heavy (non-hydrogen) atoms. The summed E-state index contributed by atoms with van der Waals surface area (Å²) in [6.45, 7) is 13.7. The quantitative estimate of drug-likeness (QED) is 0.197. The summed E-state index contributed by atoms with van der Waals surface area (Å²) in [5.41, 5.74) is 1.72. The molecule has 0 aliphatic heterocycles. The number of carbonyl (C=O) groups is 3. The Morgan fingerprint density at radius 2 is 1.51 bits per heavy atom. The van der Waals surface area contributed by atoms with Crippen LogP contribution in [0.4, 0.5) is 10.5 Å². The molecule has 0 bridgehead atoms. The normalized spacial score (nSPS) is 12.9. The van der Waals surface area contributed by atoms with Crippen molar-refractivity contribution < 1.29 is 19.1 Å². The number of hydrogen-bond donors (Lipinski definition) is 2. The van der Waals surface area contributed by atoms with Crippen LogP contribution in [-0.2, 0) is 14.3 Å². The molecule has 0 heterocycles. The third-order valence-corrected chi connectivity index (χ3v) is 7.36. The zero-order valence-electron chi connectivity index (χ0n) is 26.9. The second-order valence-electron chi connectivity index (χ2n) is 12.7. The molecule has 0 aliphatic carbocycles. The van der Waals surface area contributed by atoms with Gasteiger partial charge in [-0.2, -0.15) is 0 Å². The smallest absolute Gasteiger partial charge is 0.408 e. The molecule has 0 spiro atoms. The van der Waals surface area contributed by atoms with Crippen LogP contribution in [0.1, 0.15) is 90.8 Å². The first-order chi connectivity index (χ1) is 20.4. The van der Waals surface area contributed by atoms with E-state index in [0.717, 1.165) is 48.4 Å². The van der Waals surface area contributed by atoms with Crippen molar-refractivity contribution in [3.05, 3.63) is 77.9 Å². The molecule has 7 nitrogen and oxygen atoms in total. The fourth-order valence-electron chi connectivity index (χ4n) is 5.08. The SMILES string of the molecule is CCCCCCCN(C(=O)C(NC(=O)OC(C)(C)C)C(C)C)C(C(=O)Nc1ccc2ccccc2c1)c1ccc(C)cc1. The van der Waals surface area contributed by atoms with Gasteiger partial charge in [-0.05, 0) is 68.5 Å². The van der Waals surface area contributed by atoms with Gasteiger partial charge < -0.3 is 20.3 Å². The molecule has 0 aromatic heterocycles. The first-order valence-corrected chi connectivity index (χ1v) is 15.6. The second kappa shape index (κ2) is 15.6. The Morgan fingerprint density at radius 3 is 2.14 bits per heavy atom. The van der Waals surface area contributed by atoms with Gasteiger partial charge in [0, 0.05) is 12.2 Å². The lowest BCUT2D eigenvalue weighted by Gasteiger charge is -2.35. The Kier molecular flexibility index (Phi) is 12.2. The zero-order chi connectivity index (χ0) is 31.6. The van der Waals surface area contributed by atoms with E-state index in [2.05, 4.69) is 17.6 Å². The number of alkyl carbamates (subject to hydrolysis) is 1. The molecule has 3 aromatic carbocycles. The molecule has 232 valence electrons. The van der Waals surface area contributed by atoms with Crippen molar-refractivity contribution >= 4 is 34.4 Å². The van der Waals surface area contributed by atoms with Gasteiger partial charge in [-0.1, -0.05) is 107 Å². The number of anilines is 1. The Balaban J connectivity index is 2.00. The van der Waals surface area contributed by atoms with Gasteiger partial charge in [-0.15, -0.1) is 0 Å². The van der Waals surface area contributed by atoms with Gasteiger partial charge in [0.15, 0.2) is 0 Å². The van der Waals surface area contributed by atoms with Crippen LogP contribution in [0, 0.1) is 12.8 Å². The highest BCUT2D eigenvalue weighted by molar-refractivity contribution is 6.00. The second-order valence-corrected chi connectivity index (χ2v) is 12.7. The molecular formula is C36H49N3O4.